The molecule has 1 aromatic rings. The molecular weight excluding hydrogens is 339 g/mol. The highest BCUT2D eigenvalue weighted by molar-refractivity contribution is 5.97. The van der Waals surface area contributed by atoms with Crippen molar-refractivity contribution in [1.29, 1.82) is 0 Å². The summed E-state index contributed by atoms with van der Waals surface area (Å²) in [5, 5.41) is 2.74. The molecule has 1 atom stereocenters. The van der Waals surface area contributed by atoms with Gasteiger partial charge in [0.1, 0.15) is 18.5 Å². The maximum absolute atomic E-state index is 14.5. The molecule has 0 spiro atoms. The molecule has 3 N–H and O–H groups in total. The number of hydrogen-bond donors (Lipinski definition) is 2. The molecule has 1 aliphatic heterocycles. The summed E-state index contributed by atoms with van der Waals surface area (Å²) in [6, 6.07) is 4.31. The first-order valence-electron chi connectivity index (χ1n) is 8.99. The number of halogens is 1. The fourth-order valence-electron chi connectivity index (χ4n) is 3.33. The SMILES string of the molecule is CCN(C1CC1)[C@H](CN)C(=O)Nc1ccc(N2CCOCC2=O)c(F)c1. The minimum atomic E-state index is -0.558. The third-order valence-electron chi connectivity index (χ3n) is 4.80. The molecule has 0 aromatic heterocycles. The molecule has 2 aliphatic rings. The summed E-state index contributed by atoms with van der Waals surface area (Å²) in [5.41, 5.74) is 6.35. The topological polar surface area (TPSA) is 87.9 Å². The van der Waals surface area contributed by atoms with E-state index in [1.165, 1.54) is 17.0 Å². The quantitative estimate of drug-likeness (QED) is 0.752. The summed E-state index contributed by atoms with van der Waals surface area (Å²) < 4.78 is 19.5. The number of ether oxygens (including phenoxy) is 1. The third-order valence-corrected chi connectivity index (χ3v) is 4.80. The van der Waals surface area contributed by atoms with E-state index in [9.17, 15) is 14.0 Å². The van der Waals surface area contributed by atoms with Gasteiger partial charge >= 0.3 is 0 Å². The van der Waals surface area contributed by atoms with Gasteiger partial charge in [0.15, 0.2) is 0 Å². The van der Waals surface area contributed by atoms with Crippen LogP contribution >= 0.6 is 0 Å². The normalized spacial score (nSPS) is 18.9. The van der Waals surface area contributed by atoms with Crippen LogP contribution in [0.3, 0.4) is 0 Å². The van der Waals surface area contributed by atoms with Gasteiger partial charge in [-0.2, -0.15) is 0 Å². The van der Waals surface area contributed by atoms with E-state index in [1.807, 2.05) is 6.92 Å². The Morgan fingerprint density at radius 1 is 1.50 bits per heavy atom. The van der Waals surface area contributed by atoms with Crippen LogP contribution in [0.4, 0.5) is 15.8 Å². The lowest BCUT2D eigenvalue weighted by Gasteiger charge is -2.29. The molecule has 1 heterocycles. The molecular formula is C18H25FN4O3. The second-order valence-corrected chi connectivity index (χ2v) is 6.57. The maximum Gasteiger partial charge on any atom is 0.253 e. The first-order chi connectivity index (χ1) is 12.5. The van der Waals surface area contributed by atoms with E-state index in [4.69, 9.17) is 10.5 Å². The maximum atomic E-state index is 14.5. The van der Waals surface area contributed by atoms with Gasteiger partial charge in [0.05, 0.1) is 12.3 Å². The van der Waals surface area contributed by atoms with E-state index in [2.05, 4.69) is 10.2 Å². The zero-order chi connectivity index (χ0) is 18.7. The lowest BCUT2D eigenvalue weighted by molar-refractivity contribution is -0.125. The molecule has 8 heteroatoms. The first kappa shape index (κ1) is 18.8. The summed E-state index contributed by atoms with van der Waals surface area (Å²) in [6.45, 7) is 3.58. The number of morpholine rings is 1. The van der Waals surface area contributed by atoms with E-state index in [-0.39, 0.29) is 30.7 Å². The Morgan fingerprint density at radius 3 is 2.85 bits per heavy atom. The van der Waals surface area contributed by atoms with Gasteiger partial charge < -0.3 is 20.7 Å². The van der Waals surface area contributed by atoms with Gasteiger partial charge in [0.2, 0.25) is 5.91 Å². The summed E-state index contributed by atoms with van der Waals surface area (Å²) in [7, 11) is 0. The Balaban J connectivity index is 1.70. The number of benzene rings is 1. The van der Waals surface area contributed by atoms with Crippen LogP contribution in [0.5, 0.6) is 0 Å². The molecule has 0 bridgehead atoms. The Kier molecular flexibility index (Phi) is 5.85. The average Bonchev–Trinajstić information content (AvgIpc) is 3.45. The number of nitrogens with zero attached hydrogens (tertiary/aromatic N) is 2. The largest absolute Gasteiger partial charge is 0.370 e. The van der Waals surface area contributed by atoms with Crippen LogP contribution in [-0.2, 0) is 14.3 Å². The number of carbonyl (C=O) groups excluding carboxylic acids is 2. The van der Waals surface area contributed by atoms with E-state index in [0.717, 1.165) is 19.4 Å². The summed E-state index contributed by atoms with van der Waals surface area (Å²) in [5.74, 6) is -1.08. The number of nitrogens with one attached hydrogen (secondary N) is 1. The van der Waals surface area contributed by atoms with Crippen molar-refractivity contribution in [1.82, 2.24) is 4.90 Å². The van der Waals surface area contributed by atoms with Gasteiger partial charge in [-0.15, -0.1) is 0 Å². The highest BCUT2D eigenvalue weighted by Crippen LogP contribution is 2.29. The fraction of sp³-hybridized carbons (Fsp3) is 0.556. The van der Waals surface area contributed by atoms with Crippen LogP contribution < -0.4 is 16.0 Å². The Hall–Kier alpha value is -2.03. The van der Waals surface area contributed by atoms with E-state index >= 15 is 0 Å². The zero-order valence-electron chi connectivity index (χ0n) is 14.9. The van der Waals surface area contributed by atoms with Gasteiger partial charge in [-0.25, -0.2) is 4.39 Å². The average molecular weight is 364 g/mol. The highest BCUT2D eigenvalue weighted by atomic mass is 19.1. The Bertz CT molecular complexity index is 680. The van der Waals surface area contributed by atoms with Crippen molar-refractivity contribution >= 4 is 23.2 Å². The first-order valence-corrected chi connectivity index (χ1v) is 8.99. The van der Waals surface area contributed by atoms with Crippen molar-refractivity contribution in [3.05, 3.63) is 24.0 Å². The van der Waals surface area contributed by atoms with E-state index in [1.54, 1.807) is 6.07 Å². The summed E-state index contributed by atoms with van der Waals surface area (Å²) >= 11 is 0. The van der Waals surface area contributed by atoms with Crippen molar-refractivity contribution < 1.29 is 18.7 Å². The van der Waals surface area contributed by atoms with Crippen LogP contribution in [0.15, 0.2) is 18.2 Å². The van der Waals surface area contributed by atoms with Crippen LogP contribution in [-0.4, -0.2) is 61.6 Å². The molecule has 2 amide bonds. The minimum Gasteiger partial charge on any atom is -0.370 e. The molecule has 26 heavy (non-hydrogen) atoms. The molecule has 1 saturated heterocycles. The number of rotatable bonds is 7. The van der Waals surface area contributed by atoms with Gasteiger partial charge in [0, 0.05) is 24.8 Å². The molecule has 1 saturated carbocycles. The molecule has 7 nitrogen and oxygen atoms in total. The van der Waals surface area contributed by atoms with Crippen molar-refractivity contribution in [3.63, 3.8) is 0 Å². The zero-order valence-corrected chi connectivity index (χ0v) is 14.9. The number of amides is 2. The van der Waals surface area contributed by atoms with Gasteiger partial charge in [0.25, 0.3) is 5.91 Å². The van der Waals surface area contributed by atoms with Gasteiger partial charge in [-0.3, -0.25) is 14.5 Å². The second kappa shape index (κ2) is 8.11. The molecule has 1 aliphatic carbocycles. The fourth-order valence-corrected chi connectivity index (χ4v) is 3.33. The molecule has 142 valence electrons. The van der Waals surface area contributed by atoms with Gasteiger partial charge in [-0.05, 0) is 37.6 Å². The van der Waals surface area contributed by atoms with E-state index < -0.39 is 11.9 Å². The highest BCUT2D eigenvalue weighted by Gasteiger charge is 2.35. The van der Waals surface area contributed by atoms with Crippen LogP contribution in [0, 0.1) is 5.82 Å². The molecule has 0 unspecified atom stereocenters. The lowest BCUT2D eigenvalue weighted by Crippen LogP contribution is -2.49. The van der Waals surface area contributed by atoms with Crippen molar-refractivity contribution in [2.24, 2.45) is 5.73 Å². The molecule has 3 rings (SSSR count). The number of nitrogens with two attached hydrogens (primary N) is 1. The van der Waals surface area contributed by atoms with Crippen molar-refractivity contribution in [2.75, 3.05) is 43.1 Å². The van der Waals surface area contributed by atoms with Gasteiger partial charge in [-0.1, -0.05) is 6.92 Å². The molecule has 1 aromatic carbocycles. The standard InChI is InChI=1S/C18H25FN4O3/c1-2-22(13-4-5-13)16(10-20)18(25)21-12-3-6-15(14(19)9-12)23-7-8-26-11-17(23)24/h3,6,9,13,16H,2,4-5,7-8,10-11,20H2,1H3,(H,21,25)/t16-/m1/s1. The number of likely N-dealkylation sites (N-methyl/N-ethyl adjacent to an activating group) is 1. The Labute approximate surface area is 152 Å². The minimum absolute atomic E-state index is 0.0515. The predicted molar refractivity (Wildman–Crippen MR) is 96.4 cm³/mol. The lowest BCUT2D eigenvalue weighted by atomic mass is 10.2. The summed E-state index contributed by atoms with van der Waals surface area (Å²) in [6.07, 6.45) is 2.16. The number of anilines is 2. The van der Waals surface area contributed by atoms with Crippen molar-refractivity contribution in [3.8, 4) is 0 Å². The third kappa shape index (κ3) is 4.03. The summed E-state index contributed by atoms with van der Waals surface area (Å²) in [4.78, 5) is 27.9. The van der Waals surface area contributed by atoms with Crippen LogP contribution in [0.2, 0.25) is 0 Å². The number of hydrogen-bond acceptors (Lipinski definition) is 5. The molecule has 0 radical (unpaired) electrons. The monoisotopic (exact) mass is 364 g/mol. The van der Waals surface area contributed by atoms with Crippen LogP contribution in [0.1, 0.15) is 19.8 Å². The predicted octanol–water partition coefficient (Wildman–Crippen LogP) is 0.939. The van der Waals surface area contributed by atoms with Crippen molar-refractivity contribution in [2.45, 2.75) is 31.8 Å². The smallest absolute Gasteiger partial charge is 0.253 e. The number of carbonyl (C=O) groups is 2. The van der Waals surface area contributed by atoms with Crippen LogP contribution in [0.25, 0.3) is 0 Å². The molecule has 2 fully saturated rings. The second-order valence-electron chi connectivity index (χ2n) is 6.57. The Morgan fingerprint density at radius 2 is 2.27 bits per heavy atom. The van der Waals surface area contributed by atoms with E-state index in [0.29, 0.717) is 24.9 Å².